The average molecular weight is 276 g/mol. The van der Waals surface area contributed by atoms with Gasteiger partial charge < -0.3 is 5.73 Å². The Morgan fingerprint density at radius 3 is 3.00 bits per heavy atom. The first-order valence-corrected chi connectivity index (χ1v) is 6.93. The topological polar surface area (TPSA) is 56.0 Å². The second-order valence-electron chi connectivity index (χ2n) is 4.77. The van der Waals surface area contributed by atoms with Crippen LogP contribution in [-0.2, 0) is 6.42 Å². The van der Waals surface area contributed by atoms with Crippen LogP contribution in [0.1, 0.15) is 43.8 Å². The molecule has 1 aromatic carbocycles. The lowest BCUT2D eigenvalue weighted by Crippen LogP contribution is -2.10. The zero-order valence-corrected chi connectivity index (χ0v) is 11.3. The quantitative estimate of drug-likeness (QED) is 0.917. The highest BCUT2D eigenvalue weighted by molar-refractivity contribution is 7.13. The lowest BCUT2D eigenvalue weighted by molar-refractivity contribution is 0.100. The van der Waals surface area contributed by atoms with Crippen LogP contribution in [-0.4, -0.2) is 10.9 Å². The molecule has 0 radical (unpaired) electrons. The fourth-order valence-corrected chi connectivity index (χ4v) is 3.70. The molecule has 0 bridgehead atoms. The van der Waals surface area contributed by atoms with E-state index in [4.69, 9.17) is 5.73 Å². The molecule has 1 aliphatic carbocycles. The van der Waals surface area contributed by atoms with E-state index in [1.54, 1.807) is 13.0 Å². The van der Waals surface area contributed by atoms with Gasteiger partial charge in [0.1, 0.15) is 15.7 Å². The van der Waals surface area contributed by atoms with Gasteiger partial charge in [-0.1, -0.05) is 6.07 Å². The molecule has 98 valence electrons. The highest BCUT2D eigenvalue weighted by Gasteiger charge is 2.28. The number of carbonyl (C=O) groups excluding carboxylic acids is 1. The van der Waals surface area contributed by atoms with Crippen molar-refractivity contribution < 1.29 is 9.18 Å². The van der Waals surface area contributed by atoms with Gasteiger partial charge in [-0.25, -0.2) is 9.37 Å². The minimum absolute atomic E-state index is 0.0856. The van der Waals surface area contributed by atoms with Crippen molar-refractivity contribution in [3.63, 3.8) is 0 Å². The molecule has 2 aromatic rings. The van der Waals surface area contributed by atoms with Crippen molar-refractivity contribution >= 4 is 17.2 Å². The summed E-state index contributed by atoms with van der Waals surface area (Å²) in [5.74, 6) is -0.588. The first-order chi connectivity index (χ1) is 9.06. The van der Waals surface area contributed by atoms with Crippen molar-refractivity contribution in [3.05, 3.63) is 50.7 Å². The van der Waals surface area contributed by atoms with Crippen molar-refractivity contribution in [2.45, 2.75) is 25.7 Å². The number of nitrogens with zero attached hydrogens (tertiary/aromatic N) is 1. The molecule has 1 heterocycles. The van der Waals surface area contributed by atoms with Gasteiger partial charge in [0.25, 0.3) is 5.91 Å². The number of aryl methyl sites for hydroxylation is 2. The molecule has 0 fully saturated rings. The summed E-state index contributed by atoms with van der Waals surface area (Å²) >= 11 is 1.33. The summed E-state index contributed by atoms with van der Waals surface area (Å²) in [6, 6.07) is 4.90. The minimum Gasteiger partial charge on any atom is -0.365 e. The van der Waals surface area contributed by atoms with E-state index >= 15 is 0 Å². The molecule has 0 saturated heterocycles. The highest BCUT2D eigenvalue weighted by atomic mass is 32.1. The number of aromatic nitrogens is 1. The van der Waals surface area contributed by atoms with Gasteiger partial charge in [0, 0.05) is 5.92 Å². The van der Waals surface area contributed by atoms with Gasteiger partial charge in [-0.05, 0) is 43.0 Å². The summed E-state index contributed by atoms with van der Waals surface area (Å²) in [5.41, 5.74) is 8.14. The van der Waals surface area contributed by atoms with E-state index in [-0.39, 0.29) is 11.7 Å². The molecule has 0 unspecified atom stereocenters. The smallest absolute Gasteiger partial charge is 0.260 e. The zero-order valence-electron chi connectivity index (χ0n) is 10.4. The Hall–Kier alpha value is -1.75. The van der Waals surface area contributed by atoms with E-state index < -0.39 is 5.91 Å². The number of fused-ring (bicyclic) bond motifs is 1. The number of hydrogen-bond acceptors (Lipinski definition) is 3. The minimum atomic E-state index is -0.446. The lowest BCUT2D eigenvalue weighted by atomic mass is 10.0. The molecule has 3 rings (SSSR count). The molecular formula is C14H13FN2OS. The van der Waals surface area contributed by atoms with Crippen LogP contribution in [0.3, 0.4) is 0 Å². The van der Waals surface area contributed by atoms with Crippen LogP contribution in [0, 0.1) is 12.7 Å². The van der Waals surface area contributed by atoms with Crippen LogP contribution in [0.4, 0.5) is 4.39 Å². The van der Waals surface area contributed by atoms with Gasteiger partial charge in [0.2, 0.25) is 0 Å². The fraction of sp³-hybridized carbons (Fsp3) is 0.286. The number of primary amides is 1. The van der Waals surface area contributed by atoms with E-state index in [1.807, 2.05) is 6.07 Å². The molecule has 3 nitrogen and oxygen atoms in total. The molecule has 5 heteroatoms. The first kappa shape index (κ1) is 12.3. The maximum absolute atomic E-state index is 13.4. The van der Waals surface area contributed by atoms with Gasteiger partial charge >= 0.3 is 0 Å². The summed E-state index contributed by atoms with van der Waals surface area (Å²) in [7, 11) is 0. The van der Waals surface area contributed by atoms with Crippen molar-refractivity contribution in [2.75, 3.05) is 0 Å². The second-order valence-corrected chi connectivity index (χ2v) is 5.80. The number of nitrogens with two attached hydrogens (primary N) is 1. The normalized spacial score (nSPS) is 17.5. The third-order valence-electron chi connectivity index (χ3n) is 3.52. The number of thiazole rings is 1. The molecule has 1 aromatic heterocycles. The molecule has 1 atom stereocenters. The maximum Gasteiger partial charge on any atom is 0.260 e. The fourth-order valence-electron chi connectivity index (χ4n) is 2.62. The Morgan fingerprint density at radius 1 is 1.53 bits per heavy atom. The highest BCUT2D eigenvalue weighted by Crippen LogP contribution is 2.40. The van der Waals surface area contributed by atoms with Crippen molar-refractivity contribution in [3.8, 4) is 0 Å². The van der Waals surface area contributed by atoms with Crippen LogP contribution in [0.15, 0.2) is 18.2 Å². The van der Waals surface area contributed by atoms with Crippen LogP contribution < -0.4 is 5.73 Å². The van der Waals surface area contributed by atoms with Crippen LogP contribution in [0.2, 0.25) is 0 Å². The number of amides is 1. The summed E-state index contributed by atoms with van der Waals surface area (Å²) in [4.78, 5) is 16.2. The van der Waals surface area contributed by atoms with E-state index in [0.717, 1.165) is 23.4 Å². The van der Waals surface area contributed by atoms with E-state index in [9.17, 15) is 9.18 Å². The van der Waals surface area contributed by atoms with E-state index in [0.29, 0.717) is 10.6 Å². The predicted molar refractivity (Wildman–Crippen MR) is 71.9 cm³/mol. The van der Waals surface area contributed by atoms with Gasteiger partial charge in [0.05, 0.1) is 5.69 Å². The number of rotatable bonds is 2. The molecular weight excluding hydrogens is 263 g/mol. The van der Waals surface area contributed by atoms with Crippen LogP contribution in [0.5, 0.6) is 0 Å². The summed E-state index contributed by atoms with van der Waals surface area (Å²) < 4.78 is 13.4. The van der Waals surface area contributed by atoms with Crippen molar-refractivity contribution in [2.24, 2.45) is 5.73 Å². The third kappa shape index (κ3) is 2.04. The molecule has 0 spiro atoms. The van der Waals surface area contributed by atoms with Crippen molar-refractivity contribution in [1.29, 1.82) is 0 Å². The largest absolute Gasteiger partial charge is 0.365 e. The SMILES string of the molecule is Cc1nc([C@@H]2CCc3ccc(F)cc32)sc1C(N)=O. The number of benzene rings is 1. The number of hydrogen-bond donors (Lipinski definition) is 1. The Kier molecular flexibility index (Phi) is 2.86. The Balaban J connectivity index is 2.04. The summed E-state index contributed by atoms with van der Waals surface area (Å²) in [5, 5.41) is 0.857. The standard InChI is InChI=1S/C14H13FN2OS/c1-7-12(13(16)18)19-14(17-7)10-5-3-8-2-4-9(15)6-11(8)10/h2,4,6,10H,3,5H2,1H3,(H2,16,18)/t10-/m1/s1. The summed E-state index contributed by atoms with van der Waals surface area (Å²) in [6.45, 7) is 1.78. The lowest BCUT2D eigenvalue weighted by Gasteiger charge is -2.07. The van der Waals surface area contributed by atoms with E-state index in [2.05, 4.69) is 4.98 Å². The molecule has 0 aliphatic heterocycles. The number of halogens is 1. The molecule has 0 saturated carbocycles. The maximum atomic E-state index is 13.4. The van der Waals surface area contributed by atoms with Gasteiger partial charge in [-0.3, -0.25) is 4.79 Å². The average Bonchev–Trinajstić information content (AvgIpc) is 2.91. The monoisotopic (exact) mass is 276 g/mol. The van der Waals surface area contributed by atoms with Crippen molar-refractivity contribution in [1.82, 2.24) is 4.98 Å². The van der Waals surface area contributed by atoms with Gasteiger partial charge in [-0.2, -0.15) is 0 Å². The predicted octanol–water partition coefficient (Wildman–Crippen LogP) is 2.77. The Labute approximate surface area is 114 Å². The van der Waals surface area contributed by atoms with Gasteiger partial charge in [0.15, 0.2) is 0 Å². The zero-order chi connectivity index (χ0) is 13.6. The molecule has 2 N–H and O–H groups in total. The Bertz CT molecular complexity index is 665. The third-order valence-corrected chi connectivity index (χ3v) is 4.81. The molecule has 19 heavy (non-hydrogen) atoms. The molecule has 1 amide bonds. The van der Waals surface area contributed by atoms with Gasteiger partial charge in [-0.15, -0.1) is 11.3 Å². The Morgan fingerprint density at radius 2 is 2.32 bits per heavy atom. The van der Waals surface area contributed by atoms with Crippen LogP contribution in [0.25, 0.3) is 0 Å². The summed E-state index contributed by atoms with van der Waals surface area (Å²) in [6.07, 6.45) is 1.83. The first-order valence-electron chi connectivity index (χ1n) is 6.11. The van der Waals surface area contributed by atoms with E-state index in [1.165, 1.54) is 23.0 Å². The second kappa shape index (κ2) is 4.42. The van der Waals surface area contributed by atoms with Crippen LogP contribution >= 0.6 is 11.3 Å². The number of carbonyl (C=O) groups is 1. The molecule has 1 aliphatic rings.